The lowest BCUT2D eigenvalue weighted by molar-refractivity contribution is 0.0927. The fourth-order valence-electron chi connectivity index (χ4n) is 2.66. The van der Waals surface area contributed by atoms with E-state index in [2.05, 4.69) is 32.8 Å². The molecule has 138 valence electrons. The van der Waals surface area contributed by atoms with Gasteiger partial charge in [-0.3, -0.25) is 4.79 Å². The first-order chi connectivity index (χ1) is 12.4. The number of rotatable bonds is 6. The molecule has 1 unspecified atom stereocenters. The summed E-state index contributed by atoms with van der Waals surface area (Å²) in [5, 5.41) is 3.84. The molecule has 1 aliphatic heterocycles. The van der Waals surface area contributed by atoms with Crippen LogP contribution in [0, 0.1) is 0 Å². The Labute approximate surface area is 171 Å². The number of nitrogens with zero attached hydrogens (tertiary/aromatic N) is 1. The Bertz CT molecular complexity index is 798. The van der Waals surface area contributed by atoms with Gasteiger partial charge in [0.1, 0.15) is 3.55 Å². The number of hydrogen-bond donors (Lipinski definition) is 1. The van der Waals surface area contributed by atoms with Crippen molar-refractivity contribution in [2.45, 2.75) is 9.97 Å². The molecular weight excluding hydrogens is 467 g/mol. The molecule has 0 saturated carbocycles. The second-order valence-corrected chi connectivity index (χ2v) is 8.66. The third-order valence-corrected chi connectivity index (χ3v) is 5.84. The van der Waals surface area contributed by atoms with Gasteiger partial charge in [0.25, 0.3) is 5.91 Å². The topological polar surface area (TPSA) is 50.8 Å². The van der Waals surface area contributed by atoms with Gasteiger partial charge in [0.15, 0.2) is 11.5 Å². The van der Waals surface area contributed by atoms with Gasteiger partial charge in [0.05, 0.1) is 0 Å². The maximum absolute atomic E-state index is 12.9. The van der Waals surface area contributed by atoms with Gasteiger partial charge in [-0.15, -0.1) is 0 Å². The van der Waals surface area contributed by atoms with Crippen molar-refractivity contribution in [2.24, 2.45) is 0 Å². The average Bonchev–Trinajstić information content (AvgIpc) is 3.08. The first-order valence-corrected chi connectivity index (χ1v) is 9.65. The number of hydrogen-bond acceptors (Lipinski definition) is 4. The highest BCUT2D eigenvalue weighted by atomic mass is 127. The molecule has 0 bridgehead atoms. The van der Waals surface area contributed by atoms with Crippen LogP contribution in [0.4, 0.5) is 0 Å². The summed E-state index contributed by atoms with van der Waals surface area (Å²) in [5.41, 5.74) is 1.53. The average molecular weight is 487 g/mol. The second kappa shape index (κ2) is 8.02. The lowest BCUT2D eigenvalue weighted by atomic mass is 10.0. The van der Waals surface area contributed by atoms with Crippen molar-refractivity contribution in [3.63, 3.8) is 0 Å². The predicted octanol–water partition coefficient (Wildman–Crippen LogP) is 4.04. The number of amides is 1. The Hall–Kier alpha value is -1.51. The molecule has 2 aromatic rings. The molecule has 0 fully saturated rings. The fraction of sp³-hybridized carbons (Fsp3) is 0.316. The van der Waals surface area contributed by atoms with Gasteiger partial charge in [-0.25, -0.2) is 0 Å². The molecule has 0 aliphatic carbocycles. The number of nitrogens with one attached hydrogen (secondary N) is 1. The lowest BCUT2D eigenvalue weighted by Gasteiger charge is -2.31. The van der Waals surface area contributed by atoms with Crippen molar-refractivity contribution in [1.82, 2.24) is 10.2 Å². The van der Waals surface area contributed by atoms with Crippen molar-refractivity contribution in [2.75, 3.05) is 27.4 Å². The standard InChI is InChI=1S/C19H20ClIN2O3/c1-23(2)10-9-19(21,14-4-6-15(20)7-5-14)22-18(24)13-3-8-16-17(11-13)26-12-25-16/h3-8,11H,9-10,12H2,1-2H3,(H,22,24). The van der Waals surface area contributed by atoms with E-state index in [0.717, 1.165) is 18.5 Å². The zero-order valence-corrected chi connectivity index (χ0v) is 17.5. The molecule has 1 heterocycles. The molecule has 1 amide bonds. The summed E-state index contributed by atoms with van der Waals surface area (Å²) in [4.78, 5) is 15.0. The molecule has 5 nitrogen and oxygen atoms in total. The summed E-state index contributed by atoms with van der Waals surface area (Å²) < 4.78 is 10.1. The Kier molecular flexibility index (Phi) is 5.94. The van der Waals surface area contributed by atoms with Gasteiger partial charge < -0.3 is 19.7 Å². The molecule has 1 N–H and O–H groups in total. The largest absolute Gasteiger partial charge is 0.454 e. The van der Waals surface area contributed by atoms with Gasteiger partial charge >= 0.3 is 0 Å². The van der Waals surface area contributed by atoms with Crippen LogP contribution < -0.4 is 14.8 Å². The molecule has 7 heteroatoms. The highest BCUT2D eigenvalue weighted by molar-refractivity contribution is 14.1. The van der Waals surface area contributed by atoms with E-state index < -0.39 is 3.55 Å². The fourth-order valence-corrected chi connectivity index (χ4v) is 3.63. The van der Waals surface area contributed by atoms with Crippen molar-refractivity contribution in [3.05, 3.63) is 58.6 Å². The zero-order chi connectivity index (χ0) is 18.7. The maximum atomic E-state index is 12.9. The summed E-state index contributed by atoms with van der Waals surface area (Å²) >= 11 is 8.33. The quantitative estimate of drug-likeness (QED) is 0.380. The number of carbonyl (C=O) groups is 1. The molecule has 3 rings (SSSR count). The van der Waals surface area contributed by atoms with Gasteiger partial charge in [-0.1, -0.05) is 23.7 Å². The van der Waals surface area contributed by atoms with E-state index in [1.54, 1.807) is 18.2 Å². The minimum atomic E-state index is -0.555. The van der Waals surface area contributed by atoms with Gasteiger partial charge in [-0.2, -0.15) is 0 Å². The van der Waals surface area contributed by atoms with E-state index in [1.165, 1.54) is 0 Å². The molecule has 0 spiro atoms. The van der Waals surface area contributed by atoms with Crippen LogP contribution in [0.3, 0.4) is 0 Å². The van der Waals surface area contributed by atoms with E-state index >= 15 is 0 Å². The molecule has 0 aromatic heterocycles. The minimum absolute atomic E-state index is 0.161. The molecule has 0 saturated heterocycles. The normalized spacial score (nSPS) is 15.0. The first kappa shape index (κ1) is 19.3. The number of halogens is 2. The summed E-state index contributed by atoms with van der Waals surface area (Å²) in [6.07, 6.45) is 0.748. The lowest BCUT2D eigenvalue weighted by Crippen LogP contribution is -2.42. The zero-order valence-electron chi connectivity index (χ0n) is 14.6. The molecule has 2 aromatic carbocycles. The Morgan fingerprint density at radius 1 is 1.19 bits per heavy atom. The predicted molar refractivity (Wildman–Crippen MR) is 110 cm³/mol. The highest BCUT2D eigenvalue weighted by Gasteiger charge is 2.31. The van der Waals surface area contributed by atoms with E-state index in [9.17, 15) is 4.79 Å². The number of fused-ring (bicyclic) bond motifs is 1. The highest BCUT2D eigenvalue weighted by Crippen LogP contribution is 2.36. The number of ether oxygens (including phenoxy) is 2. The van der Waals surface area contributed by atoms with Gasteiger partial charge in [0.2, 0.25) is 6.79 Å². The molecule has 1 aliphatic rings. The summed E-state index contributed by atoms with van der Waals surface area (Å²) in [5.74, 6) is 1.09. The Balaban J connectivity index is 1.84. The van der Waals surface area contributed by atoms with Crippen molar-refractivity contribution in [3.8, 4) is 11.5 Å². The van der Waals surface area contributed by atoms with E-state index in [0.29, 0.717) is 22.1 Å². The first-order valence-electron chi connectivity index (χ1n) is 8.19. The van der Waals surface area contributed by atoms with E-state index in [4.69, 9.17) is 21.1 Å². The van der Waals surface area contributed by atoms with Crippen LogP contribution >= 0.6 is 34.2 Å². The number of benzene rings is 2. The van der Waals surface area contributed by atoms with Crippen molar-refractivity contribution in [1.29, 1.82) is 0 Å². The number of carbonyl (C=O) groups excluding carboxylic acids is 1. The van der Waals surface area contributed by atoms with E-state index in [1.807, 2.05) is 38.4 Å². The second-order valence-electron chi connectivity index (χ2n) is 6.38. The van der Waals surface area contributed by atoms with Crippen LogP contribution in [0.1, 0.15) is 22.3 Å². The van der Waals surface area contributed by atoms with Crippen LogP contribution in [0.5, 0.6) is 11.5 Å². The third kappa shape index (κ3) is 4.42. The molecule has 1 atom stereocenters. The van der Waals surface area contributed by atoms with Crippen LogP contribution in [0.25, 0.3) is 0 Å². The van der Waals surface area contributed by atoms with Crippen molar-refractivity contribution < 1.29 is 14.3 Å². The van der Waals surface area contributed by atoms with E-state index in [-0.39, 0.29) is 12.7 Å². The SMILES string of the molecule is CN(C)CCC(I)(NC(=O)c1ccc2c(c1)OCO2)c1ccc(Cl)cc1. The molecule has 26 heavy (non-hydrogen) atoms. The minimum Gasteiger partial charge on any atom is -0.454 e. The smallest absolute Gasteiger partial charge is 0.252 e. The Morgan fingerprint density at radius 2 is 1.88 bits per heavy atom. The van der Waals surface area contributed by atoms with Crippen LogP contribution in [0.2, 0.25) is 5.02 Å². The van der Waals surface area contributed by atoms with Crippen LogP contribution in [0.15, 0.2) is 42.5 Å². The summed E-state index contributed by atoms with van der Waals surface area (Å²) in [6.45, 7) is 1.01. The summed E-state index contributed by atoms with van der Waals surface area (Å²) in [7, 11) is 4.02. The van der Waals surface area contributed by atoms with Gasteiger partial charge in [-0.05, 0) is 79.0 Å². The monoisotopic (exact) mass is 486 g/mol. The molecule has 0 radical (unpaired) electrons. The Morgan fingerprint density at radius 3 is 2.58 bits per heavy atom. The van der Waals surface area contributed by atoms with Crippen LogP contribution in [-0.2, 0) is 3.55 Å². The number of alkyl halides is 1. The van der Waals surface area contributed by atoms with Crippen molar-refractivity contribution >= 4 is 40.1 Å². The van der Waals surface area contributed by atoms with Crippen LogP contribution in [-0.4, -0.2) is 38.2 Å². The summed E-state index contributed by atoms with van der Waals surface area (Å²) in [6, 6.07) is 12.8. The molecular formula is C19H20ClIN2O3. The third-order valence-electron chi connectivity index (χ3n) is 4.15. The van der Waals surface area contributed by atoms with Gasteiger partial charge in [0, 0.05) is 17.1 Å². The maximum Gasteiger partial charge on any atom is 0.252 e.